The Morgan fingerprint density at radius 2 is 1.38 bits per heavy atom. The molecule has 128 valence electrons. The summed E-state index contributed by atoms with van der Waals surface area (Å²) in [7, 11) is 0. The van der Waals surface area contributed by atoms with E-state index >= 15 is 0 Å². The van der Waals surface area contributed by atoms with Gasteiger partial charge in [0.1, 0.15) is 0 Å². The molecule has 0 N–H and O–H groups in total. The van der Waals surface area contributed by atoms with Crippen LogP contribution < -0.4 is 0 Å². The molecule has 3 rings (SSSR count). The van der Waals surface area contributed by atoms with E-state index in [0.717, 1.165) is 10.5 Å². The zero-order chi connectivity index (χ0) is 18.4. The molecule has 1 heteroatoms. The summed E-state index contributed by atoms with van der Waals surface area (Å²) in [6, 6.07) is 25.2. The molecule has 0 aromatic heterocycles. The van der Waals surface area contributed by atoms with E-state index < -0.39 is 0 Å². The molecule has 0 radical (unpaired) electrons. The van der Waals surface area contributed by atoms with Gasteiger partial charge in [0.2, 0.25) is 0 Å². The Hall–Kier alpha value is -2.69. The third kappa shape index (κ3) is 4.69. The normalized spacial score (nSPS) is 11.0. The van der Waals surface area contributed by atoms with Crippen LogP contribution in [0.3, 0.4) is 0 Å². The molecule has 0 unspecified atom stereocenters. The van der Waals surface area contributed by atoms with Gasteiger partial charge in [0.05, 0.1) is 0 Å². The largest absolute Gasteiger partial charge is 0.0888 e. The molecule has 0 aliphatic heterocycles. The molecule has 0 saturated heterocycles. The maximum absolute atomic E-state index is 3.35. The van der Waals surface area contributed by atoms with E-state index in [4.69, 9.17) is 0 Å². The molecule has 0 atom stereocenters. The lowest BCUT2D eigenvalue weighted by molar-refractivity contribution is 1.30. The summed E-state index contributed by atoms with van der Waals surface area (Å²) in [6.45, 7) is 6.39. The average molecular weight is 355 g/mol. The Labute approximate surface area is 161 Å². The highest BCUT2D eigenvalue weighted by atomic mass is 32.2. The monoisotopic (exact) mass is 354 g/mol. The Bertz CT molecular complexity index is 948. The first-order valence-corrected chi connectivity index (χ1v) is 9.53. The third-order valence-electron chi connectivity index (χ3n) is 4.11. The molecule has 0 fully saturated rings. The first kappa shape index (κ1) is 18.1. The highest BCUT2D eigenvalue weighted by Crippen LogP contribution is 2.33. The summed E-state index contributed by atoms with van der Waals surface area (Å²) in [6.07, 6.45) is 2.03. The van der Waals surface area contributed by atoms with Crippen molar-refractivity contribution in [1.82, 2.24) is 0 Å². The molecule has 3 aromatic carbocycles. The van der Waals surface area contributed by atoms with Crippen LogP contribution in [0.1, 0.15) is 27.8 Å². The van der Waals surface area contributed by atoms with E-state index in [9.17, 15) is 0 Å². The predicted molar refractivity (Wildman–Crippen MR) is 114 cm³/mol. The predicted octanol–water partition coefficient (Wildman–Crippen LogP) is 6.80. The summed E-state index contributed by atoms with van der Waals surface area (Å²) in [5.74, 6) is 6.64. The fraction of sp³-hybridized carbons (Fsp3) is 0.120. The molecule has 0 heterocycles. The summed E-state index contributed by atoms with van der Waals surface area (Å²) in [5.41, 5.74) is 6.07. The quantitative estimate of drug-likeness (QED) is 0.368. The minimum atomic E-state index is 1.13. The molecule has 0 aliphatic rings. The Balaban J connectivity index is 1.96. The first-order chi connectivity index (χ1) is 12.6. The van der Waals surface area contributed by atoms with Crippen molar-refractivity contribution in [2.45, 2.75) is 25.7 Å². The van der Waals surface area contributed by atoms with Crippen LogP contribution in [0, 0.1) is 32.6 Å². The smallest absolute Gasteiger partial charge is 0.0307 e. The molecule has 0 nitrogen and oxygen atoms in total. The van der Waals surface area contributed by atoms with Gasteiger partial charge in [0, 0.05) is 21.4 Å². The van der Waals surface area contributed by atoms with Gasteiger partial charge < -0.3 is 0 Å². The van der Waals surface area contributed by atoms with Gasteiger partial charge in [-0.3, -0.25) is 0 Å². The summed E-state index contributed by atoms with van der Waals surface area (Å²) >= 11 is 1.75. The standard InChI is InChI=1S/C25H22S/c1-19-17-20(2)24(21(3)18-19)15-10-16-25(22-11-6-4-7-12-22)26-23-13-8-5-9-14-23/h4-9,11-14,16-18H,1-3H3/b25-16-. The van der Waals surface area contributed by atoms with Crippen LogP contribution in [0.15, 0.2) is 83.8 Å². The SMILES string of the molecule is Cc1cc(C)c(C#C/C=C(\Sc2ccccc2)c2ccccc2)c(C)c1. The van der Waals surface area contributed by atoms with E-state index in [1.54, 1.807) is 11.8 Å². The molecule has 0 amide bonds. The van der Waals surface area contributed by atoms with Gasteiger partial charge in [0.25, 0.3) is 0 Å². The molecule has 0 bridgehead atoms. The second-order valence-corrected chi connectivity index (χ2v) is 7.45. The first-order valence-electron chi connectivity index (χ1n) is 8.71. The highest BCUT2D eigenvalue weighted by Gasteiger charge is 2.04. The number of thioether (sulfide) groups is 1. The van der Waals surface area contributed by atoms with Crippen LogP contribution in [0.4, 0.5) is 0 Å². The van der Waals surface area contributed by atoms with Gasteiger partial charge in [-0.2, -0.15) is 0 Å². The van der Waals surface area contributed by atoms with Gasteiger partial charge in [-0.05, 0) is 49.6 Å². The van der Waals surface area contributed by atoms with Crippen molar-refractivity contribution >= 4 is 16.7 Å². The van der Waals surface area contributed by atoms with Gasteiger partial charge in [-0.1, -0.05) is 89.8 Å². The highest BCUT2D eigenvalue weighted by molar-refractivity contribution is 8.08. The van der Waals surface area contributed by atoms with E-state index in [1.165, 1.54) is 27.1 Å². The molecule has 0 spiro atoms. The van der Waals surface area contributed by atoms with E-state index in [0.29, 0.717) is 0 Å². The molecular weight excluding hydrogens is 332 g/mol. The maximum Gasteiger partial charge on any atom is 0.0307 e. The van der Waals surface area contributed by atoms with Crippen molar-refractivity contribution < 1.29 is 0 Å². The van der Waals surface area contributed by atoms with Crippen LogP contribution in [-0.2, 0) is 0 Å². The lowest BCUT2D eigenvalue weighted by Gasteiger charge is -2.06. The maximum atomic E-state index is 3.35. The average Bonchev–Trinajstić information content (AvgIpc) is 2.64. The number of rotatable bonds is 3. The van der Waals surface area contributed by atoms with Crippen molar-refractivity contribution in [3.63, 3.8) is 0 Å². The van der Waals surface area contributed by atoms with Gasteiger partial charge in [0.15, 0.2) is 0 Å². The van der Waals surface area contributed by atoms with E-state index in [-0.39, 0.29) is 0 Å². The number of hydrogen-bond donors (Lipinski definition) is 0. The van der Waals surface area contributed by atoms with Crippen LogP contribution in [0.5, 0.6) is 0 Å². The van der Waals surface area contributed by atoms with Crippen LogP contribution >= 0.6 is 11.8 Å². The number of hydrogen-bond acceptors (Lipinski definition) is 1. The van der Waals surface area contributed by atoms with Crippen molar-refractivity contribution in [3.8, 4) is 11.8 Å². The minimum Gasteiger partial charge on any atom is -0.0888 e. The van der Waals surface area contributed by atoms with Gasteiger partial charge in [-0.15, -0.1) is 0 Å². The Morgan fingerprint density at radius 1 is 0.808 bits per heavy atom. The molecule has 3 aromatic rings. The van der Waals surface area contributed by atoms with Gasteiger partial charge >= 0.3 is 0 Å². The number of benzene rings is 3. The third-order valence-corrected chi connectivity index (χ3v) is 5.19. The minimum absolute atomic E-state index is 1.13. The summed E-state index contributed by atoms with van der Waals surface area (Å²) in [5, 5.41) is 0. The fourth-order valence-electron chi connectivity index (χ4n) is 2.94. The zero-order valence-electron chi connectivity index (χ0n) is 15.4. The Kier molecular flexibility index (Phi) is 6.00. The second-order valence-electron chi connectivity index (χ2n) is 6.33. The summed E-state index contributed by atoms with van der Waals surface area (Å²) < 4.78 is 0. The van der Waals surface area contributed by atoms with Crippen molar-refractivity contribution in [1.29, 1.82) is 0 Å². The zero-order valence-corrected chi connectivity index (χ0v) is 16.2. The Morgan fingerprint density at radius 3 is 2.00 bits per heavy atom. The fourth-order valence-corrected chi connectivity index (χ4v) is 3.86. The van der Waals surface area contributed by atoms with Crippen LogP contribution in [0.25, 0.3) is 4.91 Å². The van der Waals surface area contributed by atoms with Crippen LogP contribution in [-0.4, -0.2) is 0 Å². The molecule has 26 heavy (non-hydrogen) atoms. The lowest BCUT2D eigenvalue weighted by Crippen LogP contribution is -1.89. The molecule has 0 saturated carbocycles. The summed E-state index contributed by atoms with van der Waals surface area (Å²) in [4.78, 5) is 2.37. The van der Waals surface area contributed by atoms with E-state index in [2.05, 4.69) is 93.3 Å². The number of allylic oxidation sites excluding steroid dienone is 1. The van der Waals surface area contributed by atoms with Crippen molar-refractivity contribution in [2.75, 3.05) is 0 Å². The van der Waals surface area contributed by atoms with Gasteiger partial charge in [-0.25, -0.2) is 0 Å². The molecular formula is C25H22S. The molecule has 0 aliphatic carbocycles. The van der Waals surface area contributed by atoms with Crippen molar-refractivity contribution in [3.05, 3.63) is 107 Å². The van der Waals surface area contributed by atoms with Crippen LogP contribution in [0.2, 0.25) is 0 Å². The lowest BCUT2D eigenvalue weighted by atomic mass is 10.0. The van der Waals surface area contributed by atoms with E-state index in [1.807, 2.05) is 18.2 Å². The number of aryl methyl sites for hydroxylation is 3. The second kappa shape index (κ2) is 8.61. The van der Waals surface area contributed by atoms with Crippen molar-refractivity contribution in [2.24, 2.45) is 0 Å². The topological polar surface area (TPSA) is 0 Å².